The molecule has 0 radical (unpaired) electrons. The molecule has 1 unspecified atom stereocenters. The summed E-state index contributed by atoms with van der Waals surface area (Å²) in [5.41, 5.74) is -0.810. The predicted octanol–water partition coefficient (Wildman–Crippen LogP) is 5.57. The van der Waals surface area contributed by atoms with Gasteiger partial charge in [0.25, 0.3) is 0 Å². The van der Waals surface area contributed by atoms with Crippen LogP contribution in [0.5, 0.6) is 17.2 Å². The monoisotopic (exact) mass is 443 g/mol. The molecule has 1 aliphatic rings. The summed E-state index contributed by atoms with van der Waals surface area (Å²) >= 11 is 0. The van der Waals surface area contributed by atoms with Gasteiger partial charge in [-0.05, 0) is 54.6 Å². The highest BCUT2D eigenvalue weighted by Gasteiger charge is 2.55. The number of hydrogen-bond donors (Lipinski definition) is 1. The van der Waals surface area contributed by atoms with Gasteiger partial charge in [-0.25, -0.2) is 0 Å². The predicted molar refractivity (Wildman–Crippen MR) is 115 cm³/mol. The average Bonchev–Trinajstić information content (AvgIpc) is 2.73. The highest BCUT2D eigenvalue weighted by atomic mass is 19.4. The van der Waals surface area contributed by atoms with Gasteiger partial charge in [0.05, 0.1) is 0 Å². The molecule has 1 aliphatic heterocycles. The van der Waals surface area contributed by atoms with Crippen molar-refractivity contribution in [2.75, 3.05) is 20.1 Å². The molecular formula is C25H24F3NO3. The van der Waals surface area contributed by atoms with E-state index < -0.39 is 17.4 Å². The molecule has 0 amide bonds. The van der Waals surface area contributed by atoms with Crippen molar-refractivity contribution in [2.24, 2.45) is 5.41 Å². The first-order chi connectivity index (χ1) is 15.1. The standard InChI is InChI=1S/C25H24F3NO3/c1-23(16-29(2)17-23)24(30,19-10-14-22(15-11-19)32-25(26,27)28)18-8-12-21(13-9-18)31-20-6-4-3-5-7-20/h3-15,30H,16-17H2,1-2H3. The Labute approximate surface area is 184 Å². The van der Waals surface area contributed by atoms with Crippen molar-refractivity contribution < 1.29 is 27.8 Å². The highest BCUT2D eigenvalue weighted by molar-refractivity contribution is 5.44. The van der Waals surface area contributed by atoms with Gasteiger partial charge in [-0.3, -0.25) is 0 Å². The number of hydrogen-bond acceptors (Lipinski definition) is 4. The maximum absolute atomic E-state index is 12.5. The van der Waals surface area contributed by atoms with Gasteiger partial charge >= 0.3 is 6.36 Å². The molecule has 0 bridgehead atoms. The van der Waals surface area contributed by atoms with E-state index in [-0.39, 0.29) is 5.75 Å². The summed E-state index contributed by atoms with van der Waals surface area (Å²) in [4.78, 5) is 2.08. The molecule has 1 saturated heterocycles. The molecule has 4 nitrogen and oxygen atoms in total. The van der Waals surface area contributed by atoms with Gasteiger partial charge in [0.15, 0.2) is 0 Å². The van der Waals surface area contributed by atoms with Crippen LogP contribution in [0.4, 0.5) is 13.2 Å². The summed E-state index contributed by atoms with van der Waals surface area (Å²) < 4.78 is 47.5. The van der Waals surface area contributed by atoms with Crippen molar-refractivity contribution in [3.05, 3.63) is 90.0 Å². The number of para-hydroxylation sites is 1. The largest absolute Gasteiger partial charge is 0.573 e. The SMILES string of the molecule is CN1CC(C)(C(O)(c2ccc(Oc3ccccc3)cc2)c2ccc(OC(F)(F)F)cc2)C1. The second-order valence-corrected chi connectivity index (χ2v) is 8.46. The first kappa shape index (κ1) is 22.2. The molecule has 3 aromatic rings. The average molecular weight is 443 g/mol. The third-order valence-electron chi connectivity index (χ3n) is 5.87. The number of aliphatic hydroxyl groups is 1. The summed E-state index contributed by atoms with van der Waals surface area (Å²) in [5, 5.41) is 12.0. The van der Waals surface area contributed by atoms with E-state index in [2.05, 4.69) is 9.64 Å². The van der Waals surface area contributed by atoms with Crippen LogP contribution in [-0.4, -0.2) is 36.5 Å². The Hall–Kier alpha value is -3.03. The lowest BCUT2D eigenvalue weighted by molar-refractivity contribution is -0.274. The molecule has 32 heavy (non-hydrogen) atoms. The van der Waals surface area contributed by atoms with E-state index in [1.807, 2.05) is 44.3 Å². The zero-order valence-corrected chi connectivity index (χ0v) is 17.8. The van der Waals surface area contributed by atoms with Gasteiger partial charge in [-0.2, -0.15) is 0 Å². The second kappa shape index (κ2) is 8.15. The second-order valence-electron chi connectivity index (χ2n) is 8.46. The topological polar surface area (TPSA) is 41.9 Å². The van der Waals surface area contributed by atoms with Crippen molar-refractivity contribution in [3.63, 3.8) is 0 Å². The van der Waals surface area contributed by atoms with E-state index in [9.17, 15) is 18.3 Å². The van der Waals surface area contributed by atoms with Crippen molar-refractivity contribution in [3.8, 4) is 17.2 Å². The quantitative estimate of drug-likeness (QED) is 0.541. The number of alkyl halides is 3. The molecule has 7 heteroatoms. The first-order valence-electron chi connectivity index (χ1n) is 10.2. The van der Waals surface area contributed by atoms with E-state index in [0.29, 0.717) is 35.7 Å². The van der Waals surface area contributed by atoms with Gasteiger partial charge in [0.1, 0.15) is 22.8 Å². The zero-order chi connectivity index (χ0) is 23.0. The smallest absolute Gasteiger partial charge is 0.457 e. The van der Waals surface area contributed by atoms with E-state index >= 15 is 0 Å². The Morgan fingerprint density at radius 3 is 1.72 bits per heavy atom. The summed E-state index contributed by atoms with van der Waals surface area (Å²) in [7, 11) is 1.96. The van der Waals surface area contributed by atoms with E-state index in [1.54, 1.807) is 24.3 Å². The van der Waals surface area contributed by atoms with Crippen molar-refractivity contribution in [1.29, 1.82) is 0 Å². The summed E-state index contributed by atoms with van der Waals surface area (Å²) in [6.45, 7) is 3.24. The van der Waals surface area contributed by atoms with E-state index in [1.165, 1.54) is 24.3 Å². The van der Waals surface area contributed by atoms with Gasteiger partial charge in [0.2, 0.25) is 0 Å². The Kier molecular flexibility index (Phi) is 5.65. The minimum atomic E-state index is -4.77. The van der Waals surface area contributed by atoms with Crippen LogP contribution in [0.1, 0.15) is 18.1 Å². The Morgan fingerprint density at radius 2 is 1.25 bits per heavy atom. The third-order valence-corrected chi connectivity index (χ3v) is 5.87. The number of nitrogens with zero attached hydrogens (tertiary/aromatic N) is 1. The number of benzene rings is 3. The molecule has 1 fully saturated rings. The summed E-state index contributed by atoms with van der Waals surface area (Å²) in [6, 6.07) is 21.9. The number of likely N-dealkylation sites (tertiary alicyclic amines) is 1. The molecule has 4 rings (SSSR count). The van der Waals surface area contributed by atoms with Crippen LogP contribution in [0, 0.1) is 5.41 Å². The van der Waals surface area contributed by atoms with Gasteiger partial charge in [0, 0.05) is 18.5 Å². The highest BCUT2D eigenvalue weighted by Crippen LogP contribution is 2.50. The lowest BCUT2D eigenvalue weighted by Gasteiger charge is -2.56. The molecular weight excluding hydrogens is 419 g/mol. The number of halogens is 3. The Balaban J connectivity index is 1.66. The normalized spacial score (nSPS) is 17.8. The summed E-state index contributed by atoms with van der Waals surface area (Å²) in [6.07, 6.45) is -4.77. The van der Waals surface area contributed by atoms with Crippen LogP contribution in [0.25, 0.3) is 0 Å². The zero-order valence-electron chi connectivity index (χ0n) is 17.8. The van der Waals surface area contributed by atoms with E-state index in [0.717, 1.165) is 0 Å². The maximum atomic E-state index is 12.5. The Morgan fingerprint density at radius 1 is 0.781 bits per heavy atom. The third kappa shape index (κ3) is 4.31. The lowest BCUT2D eigenvalue weighted by atomic mass is 9.62. The van der Waals surface area contributed by atoms with Crippen LogP contribution >= 0.6 is 0 Å². The minimum Gasteiger partial charge on any atom is -0.457 e. The van der Waals surface area contributed by atoms with Gasteiger partial charge < -0.3 is 19.5 Å². The minimum absolute atomic E-state index is 0.328. The van der Waals surface area contributed by atoms with Crippen LogP contribution < -0.4 is 9.47 Å². The van der Waals surface area contributed by atoms with Crippen LogP contribution in [0.2, 0.25) is 0 Å². The fourth-order valence-corrected chi connectivity index (χ4v) is 4.52. The molecule has 0 saturated carbocycles. The Bertz CT molecular complexity index is 1050. The van der Waals surface area contributed by atoms with Gasteiger partial charge in [-0.15, -0.1) is 13.2 Å². The molecule has 0 aromatic heterocycles. The molecule has 0 aliphatic carbocycles. The van der Waals surface area contributed by atoms with Crippen LogP contribution in [0.15, 0.2) is 78.9 Å². The van der Waals surface area contributed by atoms with Gasteiger partial charge in [-0.1, -0.05) is 49.4 Å². The summed E-state index contributed by atoms with van der Waals surface area (Å²) in [5.74, 6) is 0.988. The first-order valence-corrected chi connectivity index (χ1v) is 10.2. The van der Waals surface area contributed by atoms with Crippen molar-refractivity contribution in [1.82, 2.24) is 4.90 Å². The molecule has 3 aromatic carbocycles. The number of ether oxygens (including phenoxy) is 2. The van der Waals surface area contributed by atoms with Crippen LogP contribution in [0.3, 0.4) is 0 Å². The molecule has 1 N–H and O–H groups in total. The fraction of sp³-hybridized carbons (Fsp3) is 0.280. The molecule has 0 spiro atoms. The number of rotatable bonds is 6. The van der Waals surface area contributed by atoms with E-state index in [4.69, 9.17) is 4.74 Å². The van der Waals surface area contributed by atoms with Crippen molar-refractivity contribution >= 4 is 0 Å². The fourth-order valence-electron chi connectivity index (χ4n) is 4.52. The molecule has 168 valence electrons. The maximum Gasteiger partial charge on any atom is 0.573 e. The lowest BCUT2D eigenvalue weighted by Crippen LogP contribution is -2.63. The molecule has 1 atom stereocenters. The van der Waals surface area contributed by atoms with Crippen molar-refractivity contribution in [2.45, 2.75) is 18.9 Å². The molecule has 1 heterocycles. The van der Waals surface area contributed by atoms with Crippen LogP contribution in [-0.2, 0) is 5.60 Å².